The van der Waals surface area contributed by atoms with Crippen LogP contribution in [0.5, 0.6) is 0 Å². The predicted octanol–water partition coefficient (Wildman–Crippen LogP) is 2.39. The van der Waals surface area contributed by atoms with Crippen molar-refractivity contribution >= 4 is 21.7 Å². The maximum atomic E-state index is 12.6. The van der Waals surface area contributed by atoms with E-state index in [4.69, 9.17) is 0 Å². The van der Waals surface area contributed by atoms with E-state index in [2.05, 4.69) is 5.32 Å². The van der Waals surface area contributed by atoms with Gasteiger partial charge in [-0.2, -0.15) is 4.31 Å². The Labute approximate surface area is 153 Å². The third-order valence-corrected chi connectivity index (χ3v) is 5.83. The molecule has 2 rings (SSSR count). The first-order valence-electron chi connectivity index (χ1n) is 8.13. The van der Waals surface area contributed by atoms with Crippen LogP contribution < -0.4 is 5.32 Å². The largest absolute Gasteiger partial charge is 0.348 e. The lowest BCUT2D eigenvalue weighted by atomic mass is 10.1. The van der Waals surface area contributed by atoms with Crippen LogP contribution >= 0.6 is 0 Å². The standard InChI is InChI=1S/C19H22N2O4S/c1-14(16-7-5-4-6-8-16)20-19(23)13-21(3)26(24,25)18-11-9-17(10-12-18)15(2)22/h4-12,14H,13H2,1-3H3,(H,20,23)/t14-/m1/s1. The Balaban J connectivity index is 2.04. The zero-order valence-corrected chi connectivity index (χ0v) is 15.8. The third-order valence-electron chi connectivity index (χ3n) is 4.01. The van der Waals surface area contributed by atoms with Crippen LogP contribution in [0.25, 0.3) is 0 Å². The number of rotatable bonds is 7. The minimum Gasteiger partial charge on any atom is -0.348 e. The molecular weight excluding hydrogens is 352 g/mol. The van der Waals surface area contributed by atoms with Gasteiger partial charge in [0.15, 0.2) is 5.78 Å². The molecule has 0 unspecified atom stereocenters. The highest BCUT2D eigenvalue weighted by Crippen LogP contribution is 2.16. The van der Waals surface area contributed by atoms with Crippen LogP contribution in [0.2, 0.25) is 0 Å². The molecule has 0 saturated heterocycles. The summed E-state index contributed by atoms with van der Waals surface area (Å²) < 4.78 is 26.1. The van der Waals surface area contributed by atoms with Crippen LogP contribution in [0.3, 0.4) is 0 Å². The quantitative estimate of drug-likeness (QED) is 0.754. The Morgan fingerprint density at radius 2 is 1.62 bits per heavy atom. The lowest BCUT2D eigenvalue weighted by molar-refractivity contribution is -0.121. The summed E-state index contributed by atoms with van der Waals surface area (Å²) in [5.41, 5.74) is 1.37. The molecule has 0 fully saturated rings. The first kappa shape index (κ1) is 19.8. The van der Waals surface area contributed by atoms with Crippen LogP contribution in [-0.2, 0) is 14.8 Å². The summed E-state index contributed by atoms with van der Waals surface area (Å²) in [6.07, 6.45) is 0. The van der Waals surface area contributed by atoms with Crippen molar-refractivity contribution in [2.75, 3.05) is 13.6 Å². The first-order chi connectivity index (χ1) is 12.2. The van der Waals surface area contributed by atoms with Gasteiger partial charge in [0.1, 0.15) is 0 Å². The zero-order valence-electron chi connectivity index (χ0n) is 15.0. The Morgan fingerprint density at radius 3 is 2.15 bits per heavy atom. The summed E-state index contributed by atoms with van der Waals surface area (Å²) in [5, 5.41) is 2.78. The number of carbonyl (C=O) groups excluding carboxylic acids is 2. The van der Waals surface area contributed by atoms with Gasteiger partial charge in [-0.25, -0.2) is 8.42 Å². The monoisotopic (exact) mass is 374 g/mol. The number of amides is 1. The highest BCUT2D eigenvalue weighted by molar-refractivity contribution is 7.89. The van der Waals surface area contributed by atoms with E-state index in [9.17, 15) is 18.0 Å². The van der Waals surface area contributed by atoms with Crippen LogP contribution in [-0.4, -0.2) is 38.0 Å². The molecule has 1 N–H and O–H groups in total. The molecule has 0 heterocycles. The minimum atomic E-state index is -3.82. The molecule has 1 atom stereocenters. The SMILES string of the molecule is CC(=O)c1ccc(S(=O)(=O)N(C)CC(=O)N[C@H](C)c2ccccc2)cc1. The Morgan fingerprint density at radius 1 is 1.04 bits per heavy atom. The van der Waals surface area contributed by atoms with Crippen molar-refractivity contribution in [1.82, 2.24) is 9.62 Å². The molecule has 0 bridgehead atoms. The minimum absolute atomic E-state index is 0.0360. The molecule has 0 saturated carbocycles. The molecule has 0 aliphatic rings. The summed E-state index contributed by atoms with van der Waals surface area (Å²) in [7, 11) is -2.47. The zero-order chi connectivity index (χ0) is 19.3. The number of hydrogen-bond acceptors (Lipinski definition) is 4. The molecule has 26 heavy (non-hydrogen) atoms. The van der Waals surface area contributed by atoms with Gasteiger partial charge in [0, 0.05) is 12.6 Å². The van der Waals surface area contributed by atoms with Crippen LogP contribution in [0.4, 0.5) is 0 Å². The fraction of sp³-hybridized carbons (Fsp3) is 0.263. The highest BCUT2D eigenvalue weighted by atomic mass is 32.2. The number of hydrogen-bond donors (Lipinski definition) is 1. The van der Waals surface area contributed by atoms with Crippen molar-refractivity contribution in [1.29, 1.82) is 0 Å². The van der Waals surface area contributed by atoms with Crippen molar-refractivity contribution in [2.24, 2.45) is 0 Å². The van der Waals surface area contributed by atoms with E-state index in [-0.39, 0.29) is 23.3 Å². The molecular formula is C19H22N2O4S. The summed E-state index contributed by atoms with van der Waals surface area (Å²) in [5.74, 6) is -0.538. The summed E-state index contributed by atoms with van der Waals surface area (Å²) in [4.78, 5) is 23.5. The fourth-order valence-electron chi connectivity index (χ4n) is 2.44. The highest BCUT2D eigenvalue weighted by Gasteiger charge is 2.23. The van der Waals surface area contributed by atoms with E-state index in [1.165, 1.54) is 38.2 Å². The van der Waals surface area contributed by atoms with Crippen molar-refractivity contribution in [3.05, 3.63) is 65.7 Å². The molecule has 138 valence electrons. The third kappa shape index (κ3) is 4.77. The van der Waals surface area contributed by atoms with Crippen molar-refractivity contribution < 1.29 is 18.0 Å². The molecule has 2 aromatic carbocycles. The predicted molar refractivity (Wildman–Crippen MR) is 99.3 cm³/mol. The van der Waals surface area contributed by atoms with Gasteiger partial charge >= 0.3 is 0 Å². The van der Waals surface area contributed by atoms with E-state index in [1.54, 1.807) is 0 Å². The molecule has 1 amide bonds. The van der Waals surface area contributed by atoms with E-state index in [0.717, 1.165) is 9.87 Å². The number of benzene rings is 2. The van der Waals surface area contributed by atoms with Gasteiger partial charge in [0.05, 0.1) is 17.5 Å². The molecule has 0 radical (unpaired) electrons. The Bertz CT molecular complexity index is 878. The molecule has 2 aromatic rings. The van der Waals surface area contributed by atoms with E-state index in [0.29, 0.717) is 5.56 Å². The fourth-order valence-corrected chi connectivity index (χ4v) is 3.57. The molecule has 0 aliphatic carbocycles. The number of nitrogens with zero attached hydrogens (tertiary/aromatic N) is 1. The summed E-state index contributed by atoms with van der Waals surface area (Å²) in [6, 6.07) is 14.8. The molecule has 0 spiro atoms. The topological polar surface area (TPSA) is 83.6 Å². The second-order valence-corrected chi connectivity index (χ2v) is 8.09. The number of sulfonamides is 1. The number of carbonyl (C=O) groups is 2. The second-order valence-electron chi connectivity index (χ2n) is 6.04. The normalized spacial score (nSPS) is 12.6. The first-order valence-corrected chi connectivity index (χ1v) is 9.57. The Kier molecular flexibility index (Phi) is 6.28. The number of nitrogens with one attached hydrogen (secondary N) is 1. The number of ketones is 1. The van der Waals surface area contributed by atoms with Gasteiger partial charge in [-0.3, -0.25) is 9.59 Å². The average molecular weight is 374 g/mol. The van der Waals surface area contributed by atoms with Gasteiger partial charge in [-0.05, 0) is 31.5 Å². The van der Waals surface area contributed by atoms with Gasteiger partial charge in [0.2, 0.25) is 15.9 Å². The Hall–Kier alpha value is -2.51. The molecule has 7 heteroatoms. The molecule has 0 aromatic heterocycles. The van der Waals surface area contributed by atoms with Gasteiger partial charge in [-0.1, -0.05) is 42.5 Å². The van der Waals surface area contributed by atoms with Crippen LogP contribution in [0.1, 0.15) is 35.8 Å². The number of likely N-dealkylation sites (N-methyl/N-ethyl adjacent to an activating group) is 1. The summed E-state index contributed by atoms with van der Waals surface area (Å²) in [6.45, 7) is 2.95. The van der Waals surface area contributed by atoms with E-state index < -0.39 is 15.9 Å². The van der Waals surface area contributed by atoms with Gasteiger partial charge < -0.3 is 5.32 Å². The molecule has 0 aliphatic heterocycles. The maximum Gasteiger partial charge on any atom is 0.243 e. The lowest BCUT2D eigenvalue weighted by Crippen LogP contribution is -2.39. The van der Waals surface area contributed by atoms with Crippen molar-refractivity contribution in [3.8, 4) is 0 Å². The van der Waals surface area contributed by atoms with Crippen molar-refractivity contribution in [3.63, 3.8) is 0 Å². The summed E-state index contributed by atoms with van der Waals surface area (Å²) >= 11 is 0. The lowest BCUT2D eigenvalue weighted by Gasteiger charge is -2.19. The maximum absolute atomic E-state index is 12.6. The molecule has 6 nitrogen and oxygen atoms in total. The van der Waals surface area contributed by atoms with E-state index >= 15 is 0 Å². The van der Waals surface area contributed by atoms with Crippen LogP contribution in [0.15, 0.2) is 59.5 Å². The smallest absolute Gasteiger partial charge is 0.243 e. The van der Waals surface area contributed by atoms with Gasteiger partial charge in [0.25, 0.3) is 0 Å². The van der Waals surface area contributed by atoms with Crippen LogP contribution in [0, 0.1) is 0 Å². The van der Waals surface area contributed by atoms with Crippen molar-refractivity contribution in [2.45, 2.75) is 24.8 Å². The second kappa shape index (κ2) is 8.25. The van der Waals surface area contributed by atoms with E-state index in [1.807, 2.05) is 37.3 Å². The number of Topliss-reactive ketones (excluding diaryl/α,β-unsaturated/α-hetero) is 1. The average Bonchev–Trinajstić information content (AvgIpc) is 2.62. The van der Waals surface area contributed by atoms with Gasteiger partial charge in [-0.15, -0.1) is 0 Å².